The maximum absolute atomic E-state index is 14.0. The zero-order valence-electron chi connectivity index (χ0n) is 40.5. The Morgan fingerprint density at radius 1 is 0.575 bits per heavy atom. The summed E-state index contributed by atoms with van der Waals surface area (Å²) in [6.45, 7) is 0.153. The Bertz CT molecular complexity index is 2250. The topological polar surface area (TPSA) is 429 Å². The van der Waals surface area contributed by atoms with Crippen LogP contribution in [0, 0.1) is 0 Å². The first-order valence-corrected chi connectivity index (χ1v) is 25.0. The monoisotopic (exact) mass is 1040 g/mol. The summed E-state index contributed by atoms with van der Waals surface area (Å²) < 4.78 is 5.56. The molecule has 3 rings (SSSR count). The van der Waals surface area contributed by atoms with Crippen LogP contribution in [-0.2, 0) is 47.9 Å². The van der Waals surface area contributed by atoms with Gasteiger partial charge in [0.1, 0.15) is 42.9 Å². The maximum atomic E-state index is 14.0. The fraction of sp³-hybridized carbons (Fsp3) is 0.511. The van der Waals surface area contributed by atoms with E-state index < -0.39 is 134 Å². The predicted molar refractivity (Wildman–Crippen MR) is 267 cm³/mol. The Hall–Kier alpha value is -7.48. The van der Waals surface area contributed by atoms with Crippen molar-refractivity contribution in [1.82, 2.24) is 31.9 Å². The highest BCUT2D eigenvalue weighted by Gasteiger charge is 2.35. The van der Waals surface area contributed by atoms with Crippen molar-refractivity contribution in [3.8, 4) is 11.1 Å². The van der Waals surface area contributed by atoms with Crippen LogP contribution in [0.1, 0.15) is 94.1 Å². The highest BCUT2D eigenvalue weighted by atomic mass is 32.2. The molecule has 0 unspecified atom stereocenters. The minimum absolute atomic E-state index is 0.0193. The molecule has 0 radical (unpaired) electrons. The molecule has 73 heavy (non-hydrogen) atoms. The first kappa shape index (κ1) is 59.8. The number of nitrogens with one attached hydrogen (secondary N) is 6. The van der Waals surface area contributed by atoms with Gasteiger partial charge in [-0.3, -0.25) is 43.3 Å². The van der Waals surface area contributed by atoms with Gasteiger partial charge in [0, 0.05) is 31.7 Å². The Kier molecular flexibility index (Phi) is 25.5. The number of aliphatic imine (C=N–C) groups is 1. The minimum Gasteiger partial charge on any atom is -0.481 e. The maximum Gasteiger partial charge on any atom is 0.407 e. The number of nitrogens with two attached hydrogens (primary N) is 4. The molecule has 0 bridgehead atoms. The quantitative estimate of drug-likeness (QED) is 0.0235. The summed E-state index contributed by atoms with van der Waals surface area (Å²) in [5.74, 6) is -10.3. The number of primary amides is 1. The van der Waals surface area contributed by atoms with Gasteiger partial charge >= 0.3 is 24.0 Å². The molecule has 0 aliphatic heterocycles. The van der Waals surface area contributed by atoms with Gasteiger partial charge in [0.15, 0.2) is 5.96 Å². The number of carbonyl (C=O) groups excluding carboxylic acids is 7. The van der Waals surface area contributed by atoms with E-state index in [0.29, 0.717) is 12.8 Å². The van der Waals surface area contributed by atoms with Crippen molar-refractivity contribution in [2.75, 3.05) is 31.7 Å². The number of rotatable bonds is 34. The zero-order chi connectivity index (χ0) is 54.0. The summed E-state index contributed by atoms with van der Waals surface area (Å²) in [6.07, 6.45) is -1.74. The zero-order valence-corrected chi connectivity index (χ0v) is 41.3. The number of carbonyl (C=O) groups is 10. The average molecular weight is 1040 g/mol. The van der Waals surface area contributed by atoms with Crippen LogP contribution in [0.3, 0.4) is 0 Å². The SMILES string of the molecule is CSCC[C@H](NC(=O)[C@H](CCC(=O)O)NC(=O)[C@H](CCC(=O)O)NC(=O)OCC1c2ccccc2-c2ccccc21)C(=O)N[C@@H](CCC(N)=O)C(=O)N[C@@H](CCCN=C(N)N)C(=O)N[C@@H](CCCCN)C(=O)O. The number of carboxylic acids is 3. The number of carboxylic acid groups (broad SMARTS) is 3. The van der Waals surface area contributed by atoms with E-state index in [2.05, 4.69) is 36.9 Å². The Morgan fingerprint density at radius 3 is 1.44 bits per heavy atom. The van der Waals surface area contributed by atoms with Gasteiger partial charge in [0.25, 0.3) is 0 Å². The van der Waals surface area contributed by atoms with E-state index in [0.717, 1.165) is 22.3 Å². The third-order valence-corrected chi connectivity index (χ3v) is 12.2. The highest BCUT2D eigenvalue weighted by molar-refractivity contribution is 7.98. The number of benzene rings is 2. The van der Waals surface area contributed by atoms with E-state index in [9.17, 15) is 63.3 Å². The van der Waals surface area contributed by atoms with Gasteiger partial charge in [-0.2, -0.15) is 11.8 Å². The summed E-state index contributed by atoms with van der Waals surface area (Å²) in [5.41, 5.74) is 25.5. The summed E-state index contributed by atoms with van der Waals surface area (Å²) in [4.78, 5) is 134. The lowest BCUT2D eigenvalue weighted by Crippen LogP contribution is -2.59. The van der Waals surface area contributed by atoms with Crippen molar-refractivity contribution >= 4 is 77.2 Å². The van der Waals surface area contributed by atoms with Crippen molar-refractivity contribution < 1.29 is 68.0 Å². The van der Waals surface area contributed by atoms with E-state index in [-0.39, 0.29) is 63.0 Å². The molecule has 0 aromatic heterocycles. The van der Waals surface area contributed by atoms with Crippen molar-refractivity contribution in [2.45, 2.75) is 119 Å². The Morgan fingerprint density at radius 2 is 1.00 bits per heavy atom. The number of hydrogen-bond donors (Lipinski definition) is 13. The lowest BCUT2D eigenvalue weighted by molar-refractivity contribution is -0.142. The normalized spacial score (nSPS) is 13.9. The number of ether oxygens (including phenoxy) is 1. The molecule has 7 amide bonds. The van der Waals surface area contributed by atoms with Crippen molar-refractivity contribution in [1.29, 1.82) is 0 Å². The van der Waals surface area contributed by atoms with Crippen molar-refractivity contribution in [3.05, 3.63) is 59.7 Å². The minimum atomic E-state index is -1.68. The fourth-order valence-corrected chi connectivity index (χ4v) is 8.27. The van der Waals surface area contributed by atoms with Crippen LogP contribution in [-0.4, -0.2) is 149 Å². The number of fused-ring (bicyclic) bond motifs is 3. The number of nitrogens with zero attached hydrogens (tertiary/aromatic N) is 1. The van der Waals surface area contributed by atoms with Crippen LogP contribution in [0.2, 0.25) is 0 Å². The number of thioether (sulfide) groups is 1. The first-order valence-electron chi connectivity index (χ1n) is 23.6. The molecule has 0 saturated heterocycles. The van der Waals surface area contributed by atoms with E-state index in [1.807, 2.05) is 48.5 Å². The second-order valence-corrected chi connectivity index (χ2v) is 18.0. The molecule has 1 aliphatic carbocycles. The summed E-state index contributed by atoms with van der Waals surface area (Å²) in [7, 11) is 0. The van der Waals surface area contributed by atoms with Gasteiger partial charge in [-0.15, -0.1) is 0 Å². The number of alkyl carbamates (subject to hydrolysis) is 1. The number of hydrogen-bond acceptors (Lipinski definition) is 14. The second kappa shape index (κ2) is 31.1. The van der Waals surface area contributed by atoms with Crippen LogP contribution in [0.4, 0.5) is 4.79 Å². The number of amides is 7. The molecule has 17 N–H and O–H groups in total. The van der Waals surface area contributed by atoms with Gasteiger partial charge in [0.05, 0.1) is 0 Å². The van der Waals surface area contributed by atoms with Crippen LogP contribution >= 0.6 is 11.8 Å². The molecule has 1 aliphatic rings. The van der Waals surface area contributed by atoms with Crippen LogP contribution in [0.5, 0.6) is 0 Å². The molecule has 2 aromatic rings. The number of unbranched alkanes of at least 4 members (excludes halogenated alkanes) is 1. The summed E-state index contributed by atoms with van der Waals surface area (Å²) >= 11 is 1.27. The van der Waals surface area contributed by atoms with Crippen LogP contribution < -0.4 is 54.8 Å². The molecule has 0 fully saturated rings. The van der Waals surface area contributed by atoms with Crippen molar-refractivity contribution in [2.24, 2.45) is 27.9 Å². The van der Waals surface area contributed by atoms with Gasteiger partial charge in [-0.05, 0) is 98.6 Å². The Labute approximate surface area is 425 Å². The molecular formula is C47H67N11O14S. The Balaban J connectivity index is 1.83. The third kappa shape index (κ3) is 20.6. The van der Waals surface area contributed by atoms with Crippen LogP contribution in [0.25, 0.3) is 11.1 Å². The lowest BCUT2D eigenvalue weighted by atomic mass is 9.98. The summed E-state index contributed by atoms with van der Waals surface area (Å²) in [5, 5.41) is 43.4. The average Bonchev–Trinajstić information content (AvgIpc) is 3.66. The molecule has 400 valence electrons. The van der Waals surface area contributed by atoms with E-state index >= 15 is 0 Å². The van der Waals surface area contributed by atoms with Gasteiger partial charge < -0.3 is 74.9 Å². The molecule has 0 spiro atoms. The van der Waals surface area contributed by atoms with E-state index in [1.54, 1.807) is 6.26 Å². The number of guanidine groups is 1. The lowest BCUT2D eigenvalue weighted by Gasteiger charge is -2.27. The largest absolute Gasteiger partial charge is 0.481 e. The fourth-order valence-electron chi connectivity index (χ4n) is 7.80. The van der Waals surface area contributed by atoms with E-state index in [1.165, 1.54) is 11.8 Å². The smallest absolute Gasteiger partial charge is 0.407 e. The molecule has 26 heteroatoms. The highest BCUT2D eigenvalue weighted by Crippen LogP contribution is 2.44. The second-order valence-electron chi connectivity index (χ2n) is 17.1. The predicted octanol–water partition coefficient (Wildman–Crippen LogP) is -0.667. The molecule has 25 nitrogen and oxygen atoms in total. The first-order chi connectivity index (χ1) is 34.7. The van der Waals surface area contributed by atoms with Gasteiger partial charge in [0.2, 0.25) is 35.4 Å². The molecule has 6 atom stereocenters. The van der Waals surface area contributed by atoms with Gasteiger partial charge in [-0.25, -0.2) is 9.59 Å². The van der Waals surface area contributed by atoms with Crippen LogP contribution in [0.15, 0.2) is 53.5 Å². The van der Waals surface area contributed by atoms with E-state index in [4.69, 9.17) is 27.7 Å². The third-order valence-electron chi connectivity index (χ3n) is 11.6. The molecular weight excluding hydrogens is 975 g/mol. The standard InChI is InChI=1S/C47H67N11O14S/c1-73-24-21-35(44(68)54-32(15-18-37(49)59)41(65)53-31(14-8-23-52-46(50)51)40(64)57-36(45(69)70)13-6-7-22-48)56-42(66)33(16-19-38(60)61)55-43(67)34(17-20-39(62)63)58-47(71)72-25-30-28-11-4-2-9-26(28)27-10-3-5-12-29(27)30/h2-5,9-12,30-36H,6-8,13-25,48H2,1H3,(H2,49,59)(H,53,65)(H,54,68)(H,55,67)(H,56,66)(H,57,64)(H,58,71)(H,60,61)(H,62,63)(H,69,70)(H4,50,51,52)/t31-,32-,33-,34-,35-,36-/m0/s1. The number of aliphatic carboxylic acids is 3. The van der Waals surface area contributed by atoms with Crippen molar-refractivity contribution in [3.63, 3.8) is 0 Å². The molecule has 2 aromatic carbocycles. The summed E-state index contributed by atoms with van der Waals surface area (Å²) in [6, 6.07) is 6.03. The molecule has 0 saturated carbocycles. The van der Waals surface area contributed by atoms with Gasteiger partial charge in [-0.1, -0.05) is 48.5 Å². The molecule has 0 heterocycles.